The number of benzene rings is 1. The van der Waals surface area contributed by atoms with E-state index in [1.165, 1.54) is 38.5 Å². The van der Waals surface area contributed by atoms with Gasteiger partial charge in [0.2, 0.25) is 0 Å². The van der Waals surface area contributed by atoms with Crippen LogP contribution in [0.25, 0.3) is 0 Å². The maximum atomic E-state index is 11.8. The van der Waals surface area contributed by atoms with Crippen LogP contribution >= 0.6 is 0 Å². The Bertz CT molecular complexity index is 502. The van der Waals surface area contributed by atoms with Crippen molar-refractivity contribution in [2.75, 3.05) is 0 Å². The van der Waals surface area contributed by atoms with Crippen molar-refractivity contribution in [3.63, 3.8) is 0 Å². The molecule has 0 aliphatic carbocycles. The Kier molecular flexibility index (Phi) is 13.2. The summed E-state index contributed by atoms with van der Waals surface area (Å²) in [6.07, 6.45) is 11.5. The molecule has 0 atom stereocenters. The molecule has 1 rings (SSSR count). The Morgan fingerprint density at radius 3 is 1.62 bits per heavy atom. The van der Waals surface area contributed by atoms with E-state index < -0.39 is 17.4 Å². The second kappa shape index (κ2) is 13.9. The fourth-order valence-electron chi connectivity index (χ4n) is 3.30. The monoisotopic (exact) mass is 356 g/mol. The summed E-state index contributed by atoms with van der Waals surface area (Å²) in [7, 11) is 0. The van der Waals surface area contributed by atoms with Crippen LogP contribution in [0.15, 0.2) is 30.3 Å². The van der Waals surface area contributed by atoms with E-state index >= 15 is 0 Å². The first-order valence-electron chi connectivity index (χ1n) is 9.58. The van der Waals surface area contributed by atoms with Crippen LogP contribution in [0, 0.1) is 0 Å². The van der Waals surface area contributed by atoms with Gasteiger partial charge in [-0.25, -0.2) is 0 Å². The summed E-state index contributed by atoms with van der Waals surface area (Å²) >= 11 is 0. The molecule has 0 spiro atoms. The third kappa shape index (κ3) is 7.56. The summed E-state index contributed by atoms with van der Waals surface area (Å²) in [6, 6.07) is 8.33. The van der Waals surface area contributed by atoms with Crippen molar-refractivity contribution < 1.29 is 19.8 Å². The molecule has 0 amide bonds. The first kappa shape index (κ1) is 24.8. The van der Waals surface area contributed by atoms with Crippen molar-refractivity contribution in [1.82, 2.24) is 0 Å². The third-order valence-corrected chi connectivity index (χ3v) is 4.90. The number of carboxylic acids is 2. The molecule has 26 heavy (non-hydrogen) atoms. The van der Waals surface area contributed by atoms with Gasteiger partial charge >= 0.3 is 30.8 Å². The van der Waals surface area contributed by atoms with Gasteiger partial charge in [0, 0.05) is 0 Å². The van der Waals surface area contributed by atoms with Crippen LogP contribution in [0.1, 0.15) is 83.1 Å². The SMILES string of the molecule is CCCCCCCCCCCCC(C(=O)O)(C(=O)O)c1ccccc1.[LiH]. The van der Waals surface area contributed by atoms with Gasteiger partial charge in [-0.15, -0.1) is 0 Å². The first-order chi connectivity index (χ1) is 12.1. The minimum absolute atomic E-state index is 0. The fraction of sp³-hybridized carbons (Fsp3) is 0.619. The molecule has 0 bridgehead atoms. The summed E-state index contributed by atoms with van der Waals surface area (Å²) in [4.78, 5) is 23.5. The molecule has 0 heterocycles. The number of hydrogen-bond donors (Lipinski definition) is 2. The van der Waals surface area contributed by atoms with Gasteiger partial charge in [0.15, 0.2) is 5.41 Å². The molecular weight excluding hydrogens is 323 g/mol. The predicted octanol–water partition coefficient (Wildman–Crippen LogP) is 4.76. The van der Waals surface area contributed by atoms with E-state index in [9.17, 15) is 19.8 Å². The molecule has 5 heteroatoms. The van der Waals surface area contributed by atoms with Crippen molar-refractivity contribution in [2.45, 2.75) is 83.0 Å². The zero-order valence-electron chi connectivity index (χ0n) is 15.4. The van der Waals surface area contributed by atoms with Crippen LogP contribution in [-0.2, 0) is 15.0 Å². The van der Waals surface area contributed by atoms with Crippen molar-refractivity contribution in [3.05, 3.63) is 35.9 Å². The van der Waals surface area contributed by atoms with E-state index in [-0.39, 0.29) is 25.3 Å². The average Bonchev–Trinajstić information content (AvgIpc) is 2.60. The van der Waals surface area contributed by atoms with Gasteiger partial charge in [0.05, 0.1) is 0 Å². The standard InChI is InChI=1S/C21H32O4.Li.H/c1-2-3-4-5-6-7-8-9-10-14-17-21(19(22)23,20(24)25)18-15-12-11-13-16-18;;/h11-13,15-16H,2-10,14,17H2,1H3,(H,22,23)(H,24,25);;. The number of hydrogen-bond acceptors (Lipinski definition) is 2. The number of rotatable bonds is 14. The second-order valence-corrected chi connectivity index (χ2v) is 6.81. The van der Waals surface area contributed by atoms with Gasteiger partial charge in [0.25, 0.3) is 0 Å². The molecule has 0 radical (unpaired) electrons. The van der Waals surface area contributed by atoms with Gasteiger partial charge in [-0.2, -0.15) is 0 Å². The van der Waals surface area contributed by atoms with Crippen LogP contribution in [0.2, 0.25) is 0 Å². The molecule has 0 saturated carbocycles. The Hall–Kier alpha value is -1.24. The zero-order chi connectivity index (χ0) is 18.5. The topological polar surface area (TPSA) is 74.6 Å². The molecule has 1 aromatic carbocycles. The van der Waals surface area contributed by atoms with Crippen molar-refractivity contribution in [2.24, 2.45) is 0 Å². The Morgan fingerprint density at radius 1 is 0.769 bits per heavy atom. The van der Waals surface area contributed by atoms with Crippen LogP contribution < -0.4 is 0 Å². The van der Waals surface area contributed by atoms with Gasteiger partial charge in [0.1, 0.15) is 0 Å². The maximum absolute atomic E-state index is 11.8. The Labute approximate surface area is 169 Å². The molecule has 2 N–H and O–H groups in total. The summed E-state index contributed by atoms with van der Waals surface area (Å²) in [6.45, 7) is 2.21. The summed E-state index contributed by atoms with van der Waals surface area (Å²) in [5.41, 5.74) is -1.48. The van der Waals surface area contributed by atoms with E-state index in [0.717, 1.165) is 19.3 Å². The summed E-state index contributed by atoms with van der Waals surface area (Å²) in [5.74, 6) is -2.55. The van der Waals surface area contributed by atoms with Crippen LogP contribution in [0.4, 0.5) is 0 Å². The first-order valence-corrected chi connectivity index (χ1v) is 9.58. The number of unbranched alkanes of at least 4 members (excludes halogenated alkanes) is 9. The van der Waals surface area contributed by atoms with Crippen LogP contribution in [-0.4, -0.2) is 41.0 Å². The van der Waals surface area contributed by atoms with Gasteiger partial charge in [-0.3, -0.25) is 9.59 Å². The molecule has 0 unspecified atom stereocenters. The summed E-state index contributed by atoms with van der Waals surface area (Å²) < 4.78 is 0. The third-order valence-electron chi connectivity index (χ3n) is 4.90. The molecular formula is C21H33LiO4. The van der Waals surface area contributed by atoms with Crippen molar-refractivity contribution in [1.29, 1.82) is 0 Å². The molecule has 0 saturated heterocycles. The summed E-state index contributed by atoms with van der Waals surface area (Å²) in [5, 5.41) is 19.2. The normalized spacial score (nSPS) is 11.0. The Morgan fingerprint density at radius 2 is 1.19 bits per heavy atom. The quantitative estimate of drug-likeness (QED) is 0.286. The fourth-order valence-corrected chi connectivity index (χ4v) is 3.30. The van der Waals surface area contributed by atoms with E-state index in [1.54, 1.807) is 30.3 Å². The molecule has 0 fully saturated rings. The predicted molar refractivity (Wildman–Crippen MR) is 107 cm³/mol. The van der Waals surface area contributed by atoms with E-state index in [2.05, 4.69) is 6.92 Å². The molecule has 0 aliphatic rings. The van der Waals surface area contributed by atoms with E-state index in [0.29, 0.717) is 12.0 Å². The molecule has 142 valence electrons. The number of aliphatic carboxylic acids is 2. The molecule has 0 aliphatic heterocycles. The minimum atomic E-state index is -1.83. The molecule has 4 nitrogen and oxygen atoms in total. The van der Waals surface area contributed by atoms with Crippen molar-refractivity contribution >= 4 is 30.8 Å². The van der Waals surface area contributed by atoms with Crippen LogP contribution in [0.5, 0.6) is 0 Å². The van der Waals surface area contributed by atoms with Crippen molar-refractivity contribution in [3.8, 4) is 0 Å². The van der Waals surface area contributed by atoms with E-state index in [1.807, 2.05) is 0 Å². The van der Waals surface area contributed by atoms with E-state index in [4.69, 9.17) is 0 Å². The average molecular weight is 356 g/mol. The van der Waals surface area contributed by atoms with Crippen LogP contribution in [0.3, 0.4) is 0 Å². The number of carbonyl (C=O) groups is 2. The number of carboxylic acid groups (broad SMARTS) is 2. The molecule has 1 aromatic rings. The van der Waals surface area contributed by atoms with Gasteiger partial charge in [-0.05, 0) is 12.0 Å². The van der Waals surface area contributed by atoms with Gasteiger partial charge < -0.3 is 10.2 Å². The Balaban J connectivity index is 0.00000625. The van der Waals surface area contributed by atoms with Gasteiger partial charge in [-0.1, -0.05) is 101 Å². The molecule has 0 aromatic heterocycles. The zero-order valence-corrected chi connectivity index (χ0v) is 15.4. The second-order valence-electron chi connectivity index (χ2n) is 6.81.